The minimum atomic E-state index is -0.550. The molecule has 1 amide bonds. The van der Waals surface area contributed by atoms with Crippen LogP contribution in [0.3, 0.4) is 0 Å². The second-order valence-corrected chi connectivity index (χ2v) is 6.45. The fourth-order valence-electron chi connectivity index (χ4n) is 2.26. The Labute approximate surface area is 145 Å². The highest BCUT2D eigenvalue weighted by Crippen LogP contribution is 2.19. The lowest BCUT2D eigenvalue weighted by molar-refractivity contribution is -0.108. The Hall–Kier alpha value is -2.83. The number of aromatic nitrogens is 1. The Morgan fingerprint density at radius 3 is 2.64 bits per heavy atom. The van der Waals surface area contributed by atoms with Crippen molar-refractivity contribution in [2.45, 2.75) is 32.9 Å². The molecule has 0 unspecified atom stereocenters. The zero-order valence-electron chi connectivity index (χ0n) is 14.6. The molecule has 134 valence electrons. The van der Waals surface area contributed by atoms with Crippen LogP contribution in [0, 0.1) is 0 Å². The summed E-state index contributed by atoms with van der Waals surface area (Å²) >= 11 is 0. The molecule has 2 rings (SSSR count). The summed E-state index contributed by atoms with van der Waals surface area (Å²) < 4.78 is 12.1. The molecule has 1 aromatic heterocycles. The van der Waals surface area contributed by atoms with Crippen molar-refractivity contribution in [2.24, 2.45) is 0 Å². The normalized spacial score (nSPS) is 11.2. The predicted molar refractivity (Wildman–Crippen MR) is 94.0 cm³/mol. The Bertz CT molecular complexity index is 820. The molecule has 0 fully saturated rings. The number of fused-ring (bicyclic) bond motifs is 1. The molecular formula is C18H22N2O5. The number of carbonyl (C=O) groups is 2. The molecule has 2 aromatic rings. The van der Waals surface area contributed by atoms with Gasteiger partial charge < -0.3 is 24.2 Å². The minimum Gasteiger partial charge on any atom is -0.492 e. The number of aldehydes is 1. The van der Waals surface area contributed by atoms with Gasteiger partial charge in [0.2, 0.25) is 0 Å². The molecule has 0 saturated heterocycles. The van der Waals surface area contributed by atoms with Crippen molar-refractivity contribution in [3.05, 3.63) is 40.7 Å². The van der Waals surface area contributed by atoms with Crippen molar-refractivity contribution in [3.63, 3.8) is 0 Å². The SMILES string of the molecule is CC(C)(C)OC(=O)NCCOc1ccc2ccc(=O)n(CC=O)c2c1. The van der Waals surface area contributed by atoms with Gasteiger partial charge in [0, 0.05) is 12.1 Å². The highest BCUT2D eigenvalue weighted by Gasteiger charge is 2.15. The standard InChI is InChI=1S/C18H22N2O5/c1-18(2,3)25-17(23)19-8-11-24-14-6-4-13-5-7-16(22)20(9-10-21)15(13)12-14/h4-7,10,12H,8-9,11H2,1-3H3,(H,19,23). The van der Waals surface area contributed by atoms with E-state index >= 15 is 0 Å². The number of hydrogen-bond donors (Lipinski definition) is 1. The second-order valence-electron chi connectivity index (χ2n) is 6.45. The first-order valence-corrected chi connectivity index (χ1v) is 7.97. The summed E-state index contributed by atoms with van der Waals surface area (Å²) in [7, 11) is 0. The van der Waals surface area contributed by atoms with E-state index in [4.69, 9.17) is 9.47 Å². The number of alkyl carbamates (subject to hydrolysis) is 1. The van der Waals surface area contributed by atoms with Crippen molar-refractivity contribution < 1.29 is 19.1 Å². The first-order valence-electron chi connectivity index (χ1n) is 7.97. The topological polar surface area (TPSA) is 86.6 Å². The van der Waals surface area contributed by atoms with E-state index in [-0.39, 0.29) is 25.3 Å². The van der Waals surface area contributed by atoms with E-state index in [1.807, 2.05) is 6.07 Å². The van der Waals surface area contributed by atoms with E-state index in [2.05, 4.69) is 5.32 Å². The lowest BCUT2D eigenvalue weighted by Gasteiger charge is -2.19. The third-order valence-electron chi connectivity index (χ3n) is 3.26. The highest BCUT2D eigenvalue weighted by molar-refractivity contribution is 5.81. The molecule has 7 nitrogen and oxygen atoms in total. The van der Waals surface area contributed by atoms with Crippen LogP contribution < -0.4 is 15.6 Å². The zero-order chi connectivity index (χ0) is 18.4. The van der Waals surface area contributed by atoms with Gasteiger partial charge in [-0.25, -0.2) is 4.79 Å². The van der Waals surface area contributed by atoms with Crippen LogP contribution in [0.5, 0.6) is 5.75 Å². The lowest BCUT2D eigenvalue weighted by Crippen LogP contribution is -2.34. The van der Waals surface area contributed by atoms with E-state index in [0.29, 0.717) is 17.6 Å². The van der Waals surface area contributed by atoms with E-state index < -0.39 is 11.7 Å². The number of pyridine rings is 1. The van der Waals surface area contributed by atoms with Gasteiger partial charge in [0.15, 0.2) is 0 Å². The number of benzene rings is 1. The van der Waals surface area contributed by atoms with Crippen molar-refractivity contribution in [1.29, 1.82) is 0 Å². The Kier molecular flexibility index (Phi) is 5.80. The van der Waals surface area contributed by atoms with Gasteiger partial charge in [-0.15, -0.1) is 0 Å². The molecule has 0 aliphatic heterocycles. The summed E-state index contributed by atoms with van der Waals surface area (Å²) in [5.74, 6) is 0.545. The maximum Gasteiger partial charge on any atom is 0.407 e. The number of ether oxygens (including phenoxy) is 2. The van der Waals surface area contributed by atoms with Crippen LogP contribution in [-0.4, -0.2) is 35.7 Å². The van der Waals surface area contributed by atoms with Gasteiger partial charge >= 0.3 is 6.09 Å². The molecule has 0 saturated carbocycles. The van der Waals surface area contributed by atoms with Crippen LogP contribution in [0.2, 0.25) is 0 Å². The Balaban J connectivity index is 2.00. The van der Waals surface area contributed by atoms with Crippen molar-refractivity contribution in [1.82, 2.24) is 9.88 Å². The molecule has 0 aliphatic carbocycles. The fourth-order valence-corrected chi connectivity index (χ4v) is 2.26. The number of carbonyl (C=O) groups excluding carboxylic acids is 2. The molecule has 0 spiro atoms. The maximum absolute atomic E-state index is 11.9. The summed E-state index contributed by atoms with van der Waals surface area (Å²) in [5, 5.41) is 3.43. The molecule has 0 aliphatic rings. The van der Waals surface area contributed by atoms with E-state index in [1.54, 1.807) is 39.0 Å². The molecular weight excluding hydrogens is 324 g/mol. The van der Waals surface area contributed by atoms with Gasteiger partial charge in [-0.05, 0) is 44.4 Å². The van der Waals surface area contributed by atoms with Crippen LogP contribution in [0.25, 0.3) is 10.9 Å². The third-order valence-corrected chi connectivity index (χ3v) is 3.26. The molecule has 1 heterocycles. The summed E-state index contributed by atoms with van der Waals surface area (Å²) in [6, 6.07) is 8.41. The molecule has 1 N–H and O–H groups in total. The number of nitrogens with one attached hydrogen (secondary N) is 1. The first-order chi connectivity index (χ1) is 11.8. The maximum atomic E-state index is 11.9. The van der Waals surface area contributed by atoms with Crippen molar-refractivity contribution >= 4 is 23.3 Å². The van der Waals surface area contributed by atoms with E-state index in [1.165, 1.54) is 10.6 Å². The number of nitrogens with zero attached hydrogens (tertiary/aromatic N) is 1. The van der Waals surface area contributed by atoms with Gasteiger partial charge in [-0.3, -0.25) is 4.79 Å². The Morgan fingerprint density at radius 2 is 1.96 bits per heavy atom. The van der Waals surface area contributed by atoms with E-state index in [9.17, 15) is 14.4 Å². The number of rotatable bonds is 6. The highest BCUT2D eigenvalue weighted by atomic mass is 16.6. The number of hydrogen-bond acceptors (Lipinski definition) is 5. The van der Waals surface area contributed by atoms with Crippen LogP contribution in [0.15, 0.2) is 35.1 Å². The monoisotopic (exact) mass is 346 g/mol. The minimum absolute atomic E-state index is 0.0141. The summed E-state index contributed by atoms with van der Waals surface area (Å²) in [6.45, 7) is 5.88. The van der Waals surface area contributed by atoms with Crippen LogP contribution >= 0.6 is 0 Å². The zero-order valence-corrected chi connectivity index (χ0v) is 14.6. The van der Waals surface area contributed by atoms with Gasteiger partial charge in [-0.1, -0.05) is 0 Å². The van der Waals surface area contributed by atoms with Crippen molar-refractivity contribution in [3.8, 4) is 5.75 Å². The average molecular weight is 346 g/mol. The second kappa shape index (κ2) is 7.83. The quantitative estimate of drug-likeness (QED) is 0.639. The molecule has 0 bridgehead atoms. The fraction of sp³-hybridized carbons (Fsp3) is 0.389. The van der Waals surface area contributed by atoms with Crippen LogP contribution in [0.1, 0.15) is 20.8 Å². The predicted octanol–water partition coefficient (Wildman–Crippen LogP) is 2.10. The lowest BCUT2D eigenvalue weighted by atomic mass is 10.2. The molecule has 7 heteroatoms. The van der Waals surface area contributed by atoms with Gasteiger partial charge in [-0.2, -0.15) is 0 Å². The van der Waals surface area contributed by atoms with Crippen LogP contribution in [-0.2, 0) is 16.1 Å². The third kappa shape index (κ3) is 5.34. The first kappa shape index (κ1) is 18.5. The Morgan fingerprint density at radius 1 is 1.24 bits per heavy atom. The van der Waals surface area contributed by atoms with Crippen LogP contribution in [0.4, 0.5) is 4.79 Å². The van der Waals surface area contributed by atoms with Gasteiger partial charge in [0.25, 0.3) is 5.56 Å². The average Bonchev–Trinajstić information content (AvgIpc) is 2.53. The summed E-state index contributed by atoms with van der Waals surface area (Å²) in [6.07, 6.45) is 0.175. The summed E-state index contributed by atoms with van der Waals surface area (Å²) in [4.78, 5) is 34.2. The molecule has 0 atom stereocenters. The number of amides is 1. The molecule has 0 radical (unpaired) electrons. The van der Waals surface area contributed by atoms with Gasteiger partial charge in [0.05, 0.1) is 18.6 Å². The molecule has 25 heavy (non-hydrogen) atoms. The van der Waals surface area contributed by atoms with Crippen molar-refractivity contribution in [2.75, 3.05) is 13.2 Å². The molecule has 1 aromatic carbocycles. The van der Waals surface area contributed by atoms with E-state index in [0.717, 1.165) is 5.39 Å². The largest absolute Gasteiger partial charge is 0.492 e. The smallest absolute Gasteiger partial charge is 0.407 e. The summed E-state index contributed by atoms with van der Waals surface area (Å²) in [5.41, 5.74) is -0.175. The van der Waals surface area contributed by atoms with Gasteiger partial charge in [0.1, 0.15) is 24.2 Å².